The third kappa shape index (κ3) is 3.78. The molecule has 1 atom stereocenters. The van der Waals surface area contributed by atoms with Gasteiger partial charge in [0.25, 0.3) is 0 Å². The number of para-hydroxylation sites is 1. The van der Waals surface area contributed by atoms with Gasteiger partial charge in [-0.2, -0.15) is 0 Å². The van der Waals surface area contributed by atoms with Crippen LogP contribution in [0.1, 0.15) is 24.2 Å². The molecule has 0 spiro atoms. The number of nitrogens with one attached hydrogen (secondary N) is 1. The van der Waals surface area contributed by atoms with Crippen molar-refractivity contribution in [2.24, 2.45) is 17.6 Å². The number of carbonyl (C=O) groups is 2. The maximum Gasteiger partial charge on any atom is 0.337 e. The van der Waals surface area contributed by atoms with Gasteiger partial charge in [-0.25, -0.2) is 4.79 Å². The molecule has 0 radical (unpaired) electrons. The second kappa shape index (κ2) is 6.68. The van der Waals surface area contributed by atoms with Crippen LogP contribution in [0.4, 0.5) is 5.69 Å². The lowest BCUT2D eigenvalue weighted by Gasteiger charge is -2.19. The minimum Gasteiger partial charge on any atom is -0.478 e. The Labute approximate surface area is 120 Å². The summed E-state index contributed by atoms with van der Waals surface area (Å²) in [5.74, 6) is -1.63. The van der Waals surface area contributed by atoms with Gasteiger partial charge in [-0.1, -0.05) is 19.9 Å². The highest BCUT2D eigenvalue weighted by Gasteiger charge is 2.23. The Bertz CT molecular complexity index is 489. The molecule has 0 aliphatic heterocycles. The lowest BCUT2D eigenvalue weighted by molar-refractivity contribution is -0.120. The minimum absolute atomic E-state index is 0.0438. The predicted molar refractivity (Wildman–Crippen MR) is 77.1 cm³/mol. The van der Waals surface area contributed by atoms with E-state index in [4.69, 9.17) is 10.8 Å². The van der Waals surface area contributed by atoms with Crippen LogP contribution >= 0.6 is 15.9 Å². The zero-order chi connectivity index (χ0) is 14.6. The van der Waals surface area contributed by atoms with Crippen molar-refractivity contribution < 1.29 is 14.7 Å². The van der Waals surface area contributed by atoms with E-state index in [0.29, 0.717) is 4.47 Å². The largest absolute Gasteiger partial charge is 0.478 e. The average molecular weight is 329 g/mol. The van der Waals surface area contributed by atoms with Crippen molar-refractivity contribution in [1.82, 2.24) is 0 Å². The van der Waals surface area contributed by atoms with Gasteiger partial charge in [0.15, 0.2) is 0 Å². The second-order valence-electron chi connectivity index (χ2n) is 4.54. The van der Waals surface area contributed by atoms with Gasteiger partial charge in [0.2, 0.25) is 5.91 Å². The molecule has 1 aromatic carbocycles. The fourth-order valence-electron chi connectivity index (χ4n) is 1.73. The van der Waals surface area contributed by atoms with E-state index in [2.05, 4.69) is 21.2 Å². The van der Waals surface area contributed by atoms with Crippen molar-refractivity contribution in [2.45, 2.75) is 13.8 Å². The Kier molecular flexibility index (Phi) is 5.50. The molecule has 0 fully saturated rings. The first kappa shape index (κ1) is 15.7. The molecular formula is C13H17BrN2O3. The van der Waals surface area contributed by atoms with Crippen molar-refractivity contribution in [3.8, 4) is 0 Å². The highest BCUT2D eigenvalue weighted by molar-refractivity contribution is 9.10. The predicted octanol–water partition coefficient (Wildman–Crippen LogP) is 2.32. The quantitative estimate of drug-likeness (QED) is 0.773. The number of hydrogen-bond donors (Lipinski definition) is 3. The molecule has 4 N–H and O–H groups in total. The molecule has 1 amide bonds. The molecule has 0 saturated heterocycles. The van der Waals surface area contributed by atoms with Crippen LogP contribution in [0.15, 0.2) is 22.7 Å². The number of nitrogens with two attached hydrogens (primary N) is 1. The van der Waals surface area contributed by atoms with E-state index in [1.165, 1.54) is 6.07 Å². The molecule has 6 heteroatoms. The molecule has 1 rings (SSSR count). The summed E-state index contributed by atoms with van der Waals surface area (Å²) in [5, 5.41) is 11.8. The van der Waals surface area contributed by atoms with E-state index in [9.17, 15) is 9.59 Å². The van der Waals surface area contributed by atoms with Gasteiger partial charge >= 0.3 is 5.97 Å². The molecule has 5 nitrogen and oxygen atoms in total. The van der Waals surface area contributed by atoms with Gasteiger partial charge in [0.05, 0.1) is 17.2 Å². The van der Waals surface area contributed by atoms with Crippen LogP contribution in [0.2, 0.25) is 0 Å². The fourth-order valence-corrected chi connectivity index (χ4v) is 2.19. The van der Waals surface area contributed by atoms with Crippen LogP contribution in [0.5, 0.6) is 0 Å². The van der Waals surface area contributed by atoms with Crippen molar-refractivity contribution in [1.29, 1.82) is 0 Å². The van der Waals surface area contributed by atoms with Crippen molar-refractivity contribution >= 4 is 33.5 Å². The minimum atomic E-state index is -1.09. The summed E-state index contributed by atoms with van der Waals surface area (Å²) in [4.78, 5) is 23.2. The Balaban J connectivity index is 3.05. The Morgan fingerprint density at radius 2 is 2.05 bits per heavy atom. The first-order valence-corrected chi connectivity index (χ1v) is 6.70. The summed E-state index contributed by atoms with van der Waals surface area (Å²) in [7, 11) is 0. The first-order valence-electron chi connectivity index (χ1n) is 5.91. The standard InChI is InChI=1S/C13H17BrN2O3/c1-7(2)9(6-15)12(17)16-11-8(13(18)19)4-3-5-10(11)14/h3-5,7,9H,6,15H2,1-2H3,(H,16,17)(H,18,19). The highest BCUT2D eigenvalue weighted by atomic mass is 79.9. The molecule has 104 valence electrons. The highest BCUT2D eigenvalue weighted by Crippen LogP contribution is 2.27. The summed E-state index contributed by atoms with van der Waals surface area (Å²) < 4.78 is 0.528. The summed E-state index contributed by atoms with van der Waals surface area (Å²) in [6, 6.07) is 4.72. The van der Waals surface area contributed by atoms with E-state index in [0.717, 1.165) is 0 Å². The van der Waals surface area contributed by atoms with Crippen molar-refractivity contribution in [3.63, 3.8) is 0 Å². The maximum atomic E-state index is 12.1. The summed E-state index contributed by atoms with van der Waals surface area (Å²) in [6.07, 6.45) is 0. The van der Waals surface area contributed by atoms with E-state index in [-0.39, 0.29) is 35.5 Å². The first-order chi connectivity index (χ1) is 8.88. The molecule has 0 aliphatic rings. The molecule has 0 heterocycles. The number of hydrogen-bond acceptors (Lipinski definition) is 3. The molecule has 0 aliphatic carbocycles. The van der Waals surface area contributed by atoms with Crippen LogP contribution in [0.3, 0.4) is 0 Å². The zero-order valence-corrected chi connectivity index (χ0v) is 12.4. The number of benzene rings is 1. The molecule has 0 aromatic heterocycles. The topological polar surface area (TPSA) is 92.4 Å². The molecular weight excluding hydrogens is 312 g/mol. The van der Waals surface area contributed by atoms with Gasteiger partial charge in [-0.3, -0.25) is 4.79 Å². The van der Waals surface area contributed by atoms with Crippen molar-refractivity contribution in [2.75, 3.05) is 11.9 Å². The number of carboxylic acids is 1. The van der Waals surface area contributed by atoms with Crippen molar-refractivity contribution in [3.05, 3.63) is 28.2 Å². The van der Waals surface area contributed by atoms with E-state index in [1.807, 2.05) is 13.8 Å². The van der Waals surface area contributed by atoms with Crippen LogP contribution < -0.4 is 11.1 Å². The third-order valence-corrected chi connectivity index (χ3v) is 3.55. The van der Waals surface area contributed by atoms with Crippen LogP contribution in [-0.2, 0) is 4.79 Å². The number of anilines is 1. The number of carboxylic acid groups (broad SMARTS) is 1. The number of rotatable bonds is 5. The zero-order valence-electron chi connectivity index (χ0n) is 10.8. The third-order valence-electron chi connectivity index (χ3n) is 2.89. The van der Waals surface area contributed by atoms with E-state index in [1.54, 1.807) is 12.1 Å². The summed E-state index contributed by atoms with van der Waals surface area (Å²) in [6.45, 7) is 4.01. The van der Waals surface area contributed by atoms with Gasteiger partial charge < -0.3 is 16.2 Å². The molecule has 0 saturated carbocycles. The maximum absolute atomic E-state index is 12.1. The smallest absolute Gasteiger partial charge is 0.337 e. The molecule has 1 unspecified atom stereocenters. The summed E-state index contributed by atoms with van der Waals surface area (Å²) >= 11 is 3.24. The SMILES string of the molecule is CC(C)C(CN)C(=O)Nc1c(Br)cccc1C(=O)O. The average Bonchev–Trinajstić information content (AvgIpc) is 2.31. The number of carbonyl (C=O) groups excluding carboxylic acids is 1. The number of halogens is 1. The fraction of sp³-hybridized carbons (Fsp3) is 0.385. The monoisotopic (exact) mass is 328 g/mol. The number of aromatic carboxylic acids is 1. The van der Waals surface area contributed by atoms with Crippen LogP contribution in [0.25, 0.3) is 0 Å². The number of amides is 1. The molecule has 1 aromatic rings. The molecule has 19 heavy (non-hydrogen) atoms. The lowest BCUT2D eigenvalue weighted by atomic mass is 9.95. The summed E-state index contributed by atoms with van der Waals surface area (Å²) in [5.41, 5.74) is 5.88. The normalized spacial score (nSPS) is 12.3. The van der Waals surface area contributed by atoms with E-state index >= 15 is 0 Å². The molecule has 0 bridgehead atoms. The Morgan fingerprint density at radius 3 is 2.53 bits per heavy atom. The van der Waals surface area contributed by atoms with Gasteiger partial charge in [0, 0.05) is 11.0 Å². The van der Waals surface area contributed by atoms with Gasteiger partial charge in [0.1, 0.15) is 0 Å². The lowest BCUT2D eigenvalue weighted by Crippen LogP contribution is -2.33. The van der Waals surface area contributed by atoms with E-state index < -0.39 is 5.97 Å². The van der Waals surface area contributed by atoms with Crippen LogP contribution in [-0.4, -0.2) is 23.5 Å². The van der Waals surface area contributed by atoms with Gasteiger partial charge in [-0.05, 0) is 34.0 Å². The Morgan fingerprint density at radius 1 is 1.42 bits per heavy atom. The van der Waals surface area contributed by atoms with Crippen LogP contribution in [0, 0.1) is 11.8 Å². The van der Waals surface area contributed by atoms with Gasteiger partial charge in [-0.15, -0.1) is 0 Å². The Hall–Kier alpha value is -1.40. The second-order valence-corrected chi connectivity index (χ2v) is 5.40.